The zero-order chi connectivity index (χ0) is 14.8. The summed E-state index contributed by atoms with van der Waals surface area (Å²) in [5.41, 5.74) is 3.42. The predicted molar refractivity (Wildman–Crippen MR) is 88.8 cm³/mol. The van der Waals surface area contributed by atoms with Crippen LogP contribution >= 0.6 is 0 Å². The fourth-order valence-electron chi connectivity index (χ4n) is 2.77. The fraction of sp³-hybridized carbons (Fsp3) is 0.111. The molecule has 4 rings (SSSR count). The first-order chi connectivity index (χ1) is 10.9. The highest BCUT2D eigenvalue weighted by atomic mass is 15.2. The number of rotatable bonds is 3. The molecule has 0 atom stereocenters. The molecule has 0 radical (unpaired) electrons. The third-order valence-electron chi connectivity index (χ3n) is 3.82. The van der Waals surface area contributed by atoms with Crippen LogP contribution in [-0.4, -0.2) is 28.5 Å². The van der Waals surface area contributed by atoms with Crippen LogP contribution in [0.2, 0.25) is 0 Å². The van der Waals surface area contributed by atoms with Gasteiger partial charge in [-0.05, 0) is 18.2 Å². The van der Waals surface area contributed by atoms with E-state index in [4.69, 9.17) is 0 Å². The van der Waals surface area contributed by atoms with Gasteiger partial charge in [-0.25, -0.2) is 4.98 Å². The fourth-order valence-corrected chi connectivity index (χ4v) is 2.77. The lowest BCUT2D eigenvalue weighted by molar-refractivity contribution is 1.01. The molecule has 2 heterocycles. The van der Waals surface area contributed by atoms with Crippen LogP contribution in [0.3, 0.4) is 0 Å². The van der Waals surface area contributed by atoms with Gasteiger partial charge in [0.15, 0.2) is 0 Å². The lowest BCUT2D eigenvalue weighted by Crippen LogP contribution is -2.28. The van der Waals surface area contributed by atoms with Crippen LogP contribution in [-0.2, 0) is 0 Å². The zero-order valence-electron chi connectivity index (χ0n) is 12.1. The van der Waals surface area contributed by atoms with Gasteiger partial charge in [-0.15, -0.1) is 0 Å². The lowest BCUT2D eigenvalue weighted by atomic mass is 10.1. The van der Waals surface area contributed by atoms with E-state index < -0.39 is 0 Å². The molecule has 3 aromatic rings. The van der Waals surface area contributed by atoms with Gasteiger partial charge in [0.05, 0.1) is 12.9 Å². The molecule has 0 bridgehead atoms. The molecule has 0 fully saturated rings. The molecule has 1 aliphatic rings. The summed E-state index contributed by atoms with van der Waals surface area (Å²) in [6.45, 7) is 1.75. The van der Waals surface area contributed by atoms with E-state index in [2.05, 4.69) is 63.4 Å². The molecule has 2 aromatic carbocycles. The third-order valence-corrected chi connectivity index (χ3v) is 3.82. The van der Waals surface area contributed by atoms with Crippen LogP contribution < -0.4 is 4.90 Å². The van der Waals surface area contributed by atoms with E-state index in [1.54, 1.807) is 6.20 Å². The summed E-state index contributed by atoms with van der Waals surface area (Å²) in [5.74, 6) is 1.04. The monoisotopic (exact) mass is 288 g/mol. The number of benzene rings is 2. The van der Waals surface area contributed by atoms with Gasteiger partial charge < -0.3 is 9.47 Å². The van der Waals surface area contributed by atoms with Crippen molar-refractivity contribution in [2.24, 2.45) is 4.99 Å². The average molecular weight is 288 g/mol. The van der Waals surface area contributed by atoms with Gasteiger partial charge in [-0.2, -0.15) is 0 Å². The molecule has 0 aliphatic carbocycles. The van der Waals surface area contributed by atoms with Crippen molar-refractivity contribution in [3.05, 3.63) is 78.9 Å². The molecule has 1 aromatic heterocycles. The zero-order valence-corrected chi connectivity index (χ0v) is 12.1. The van der Waals surface area contributed by atoms with E-state index in [0.29, 0.717) is 0 Å². The number of aromatic nitrogens is 2. The van der Waals surface area contributed by atoms with Gasteiger partial charge in [-0.1, -0.05) is 36.4 Å². The van der Waals surface area contributed by atoms with Crippen molar-refractivity contribution < 1.29 is 0 Å². The van der Waals surface area contributed by atoms with Gasteiger partial charge in [0.25, 0.3) is 0 Å². The van der Waals surface area contributed by atoms with Crippen LogP contribution in [0.4, 0.5) is 5.69 Å². The van der Waals surface area contributed by atoms with Crippen LogP contribution in [0, 0.1) is 0 Å². The predicted octanol–water partition coefficient (Wildman–Crippen LogP) is 3.14. The third kappa shape index (κ3) is 2.29. The Hall–Kier alpha value is -2.88. The van der Waals surface area contributed by atoms with Crippen molar-refractivity contribution in [3.8, 4) is 5.69 Å². The van der Waals surface area contributed by atoms with E-state index >= 15 is 0 Å². The molecule has 1 aliphatic heterocycles. The van der Waals surface area contributed by atoms with Crippen molar-refractivity contribution in [3.63, 3.8) is 0 Å². The maximum Gasteiger partial charge on any atom is 0.135 e. The quantitative estimate of drug-likeness (QED) is 0.742. The highest BCUT2D eigenvalue weighted by molar-refractivity contribution is 6.11. The second-order valence-electron chi connectivity index (χ2n) is 5.21. The summed E-state index contributed by atoms with van der Waals surface area (Å²) in [6, 6.07) is 18.8. The smallest absolute Gasteiger partial charge is 0.135 e. The van der Waals surface area contributed by atoms with E-state index in [-0.39, 0.29) is 0 Å². The number of aliphatic imine (C=N–C) groups is 1. The Labute approximate surface area is 129 Å². The normalized spacial score (nSPS) is 14.2. The Bertz CT molecular complexity index is 791. The van der Waals surface area contributed by atoms with Gasteiger partial charge >= 0.3 is 0 Å². The molecule has 0 spiro atoms. The topological polar surface area (TPSA) is 33.4 Å². The molecule has 0 N–H and O–H groups in total. The van der Waals surface area contributed by atoms with Crippen molar-refractivity contribution >= 4 is 11.5 Å². The Morgan fingerprint density at radius 3 is 2.59 bits per heavy atom. The molecular formula is C18H16N4. The first-order valence-corrected chi connectivity index (χ1v) is 7.38. The Morgan fingerprint density at radius 1 is 0.909 bits per heavy atom. The highest BCUT2D eigenvalue weighted by Crippen LogP contribution is 2.23. The van der Waals surface area contributed by atoms with Crippen LogP contribution in [0.25, 0.3) is 5.69 Å². The number of hydrogen-bond donors (Lipinski definition) is 0. The molecular weight excluding hydrogens is 272 g/mol. The SMILES string of the molecule is c1ccc(C2=NCCN2c2cccc(-n3ccnc3)c2)cc1. The first-order valence-electron chi connectivity index (χ1n) is 7.38. The number of imidazole rings is 1. The molecule has 4 heteroatoms. The van der Waals surface area contributed by atoms with Crippen LogP contribution in [0.5, 0.6) is 0 Å². The summed E-state index contributed by atoms with van der Waals surface area (Å²) < 4.78 is 2.01. The van der Waals surface area contributed by atoms with Crippen molar-refractivity contribution in [1.29, 1.82) is 0 Å². The van der Waals surface area contributed by atoms with Gasteiger partial charge in [0.2, 0.25) is 0 Å². The molecule has 0 amide bonds. The summed E-state index contributed by atoms with van der Waals surface area (Å²) in [6.07, 6.45) is 5.56. The maximum absolute atomic E-state index is 4.68. The van der Waals surface area contributed by atoms with Gasteiger partial charge in [-0.3, -0.25) is 4.99 Å². The number of hydrogen-bond acceptors (Lipinski definition) is 3. The summed E-state index contributed by atoms with van der Waals surface area (Å²) >= 11 is 0. The van der Waals surface area contributed by atoms with E-state index in [1.807, 2.05) is 23.2 Å². The molecule has 22 heavy (non-hydrogen) atoms. The Balaban J connectivity index is 1.70. The number of anilines is 1. The minimum Gasteiger partial charge on any atom is -0.324 e. The lowest BCUT2D eigenvalue weighted by Gasteiger charge is -2.21. The minimum absolute atomic E-state index is 0.833. The first kappa shape index (κ1) is 12.8. The van der Waals surface area contributed by atoms with Crippen LogP contribution in [0.1, 0.15) is 5.56 Å². The van der Waals surface area contributed by atoms with Gasteiger partial charge in [0.1, 0.15) is 5.84 Å². The number of amidine groups is 1. The van der Waals surface area contributed by atoms with Crippen LogP contribution in [0.15, 0.2) is 78.3 Å². The Morgan fingerprint density at radius 2 is 1.77 bits per heavy atom. The van der Waals surface area contributed by atoms with E-state index in [1.165, 1.54) is 0 Å². The minimum atomic E-state index is 0.833. The summed E-state index contributed by atoms with van der Waals surface area (Å²) in [7, 11) is 0. The van der Waals surface area contributed by atoms with E-state index in [9.17, 15) is 0 Å². The molecule has 0 saturated heterocycles. The van der Waals surface area contributed by atoms with Crippen molar-refractivity contribution in [1.82, 2.24) is 9.55 Å². The molecule has 4 nitrogen and oxygen atoms in total. The summed E-state index contributed by atoms with van der Waals surface area (Å²) in [4.78, 5) is 11.1. The van der Waals surface area contributed by atoms with Gasteiger partial charge in [0, 0.05) is 35.9 Å². The standard InChI is InChI=1S/C18H16N4/c1-2-5-15(6-3-1)18-20-10-12-22(18)17-8-4-7-16(13-17)21-11-9-19-14-21/h1-9,11,13-14H,10,12H2. The maximum atomic E-state index is 4.68. The number of nitrogens with zero attached hydrogens (tertiary/aromatic N) is 4. The second kappa shape index (κ2) is 5.48. The Kier molecular flexibility index (Phi) is 3.20. The molecule has 0 saturated carbocycles. The molecule has 0 unspecified atom stereocenters. The summed E-state index contributed by atoms with van der Waals surface area (Å²) in [5, 5.41) is 0. The van der Waals surface area contributed by atoms with Crippen molar-refractivity contribution in [2.75, 3.05) is 18.0 Å². The second-order valence-corrected chi connectivity index (χ2v) is 5.21. The largest absolute Gasteiger partial charge is 0.324 e. The molecule has 108 valence electrons. The average Bonchev–Trinajstić information content (AvgIpc) is 3.27. The van der Waals surface area contributed by atoms with Crippen molar-refractivity contribution in [2.45, 2.75) is 0 Å². The van der Waals surface area contributed by atoms with E-state index in [0.717, 1.165) is 35.9 Å². The highest BCUT2D eigenvalue weighted by Gasteiger charge is 2.20.